The molecule has 0 saturated heterocycles. The van der Waals surface area contributed by atoms with Crippen molar-refractivity contribution in [3.8, 4) is 47.4 Å². The molecule has 494 valence electrons. The van der Waals surface area contributed by atoms with E-state index in [1.54, 1.807) is 60.7 Å². The number of carbonyl (C=O) groups is 8. The van der Waals surface area contributed by atoms with Crippen LogP contribution >= 0.6 is 0 Å². The van der Waals surface area contributed by atoms with E-state index in [-0.39, 0.29) is 66.8 Å². The van der Waals surface area contributed by atoms with Gasteiger partial charge in [0, 0.05) is 109 Å². The Morgan fingerprint density at radius 2 is 0.375 bits per heavy atom. The smallest absolute Gasteiger partial charge is 0.335 e. The molecule has 0 bridgehead atoms. The van der Waals surface area contributed by atoms with Crippen LogP contribution in [0.15, 0.2) is 158 Å². The standard InChI is InChI=1S/C82H40N6O16/c89-75(90)43-5-1-3-35(21-43)7-9-37-23-45(77(93)94)29-57-51-15-17-53-59-31-47(79(97)98)25-39(65(59)85-71(53)69(51)83-63(37)57)11-13-41-27-49(81(101)102)33-61-55-19-20-56-62-34-50(82(103)104)28-42(68(62)88-74(56)73(55)87-67(41)61)14-12-40-26-48(80(99)100)32-60-54-18-16-52-58-30-46(78(95)96)24-38(64(58)84-70(52)72(54)86-66(40)60)10-8-36-4-2-6-44(22-36)76(91)92/h1-6,15-34,83-88H,(H,89,90)(H,91,92)(H,93,94)(H,95,96)(H,97,98)(H,99,100)(H,101,102)(H,103,104). The molecular formula is C82H40N6O16. The third-order valence-corrected chi connectivity index (χ3v) is 18.7. The minimum absolute atomic E-state index is 0.0184. The highest BCUT2D eigenvalue weighted by atomic mass is 16.4. The molecule has 0 spiro atoms. The second kappa shape index (κ2) is 22.9. The Labute approximate surface area is 579 Å². The fourth-order valence-corrected chi connectivity index (χ4v) is 14.0. The number of hydrogen-bond acceptors (Lipinski definition) is 8. The SMILES string of the molecule is O=C(O)c1cccc(C#Cc2cc(C(=O)O)cc3c2[nH]c2c3ccc3c4cc(C(=O)O)cc(C#Cc5cc(C(=O)O)cc6c5[nH]c5c6ccc6c7cc(C(=O)O)cc(C#Cc8cc(C(=O)O)cc9c8[nH]c8c9ccc9c%10cc(C(=O)O)cc(C#Cc%11cccc(C(=O)O)c%11)c%10[nH]c98)c7[nH]c65)c4[nH]c32)c1. The van der Waals surface area contributed by atoms with E-state index < -0.39 is 47.8 Å². The Morgan fingerprint density at radius 3 is 0.558 bits per heavy atom. The summed E-state index contributed by atoms with van der Waals surface area (Å²) in [5.41, 5.74) is 7.30. The van der Waals surface area contributed by atoms with Gasteiger partial charge >= 0.3 is 47.8 Å². The maximum absolute atomic E-state index is 13.0. The molecule has 22 nitrogen and oxygen atoms in total. The first-order valence-electron chi connectivity index (χ1n) is 31.5. The maximum Gasteiger partial charge on any atom is 0.335 e. The van der Waals surface area contributed by atoms with E-state index >= 15 is 0 Å². The van der Waals surface area contributed by atoms with Crippen molar-refractivity contribution in [2.75, 3.05) is 0 Å². The molecule has 17 aromatic rings. The Bertz CT molecular complexity index is 6870. The van der Waals surface area contributed by atoms with Crippen LogP contribution in [-0.4, -0.2) is 119 Å². The van der Waals surface area contributed by atoms with Gasteiger partial charge < -0.3 is 70.8 Å². The first-order chi connectivity index (χ1) is 50.1. The normalized spacial score (nSPS) is 11.4. The molecule has 0 fully saturated rings. The summed E-state index contributed by atoms with van der Waals surface area (Å²) in [5, 5.41) is 88.1. The van der Waals surface area contributed by atoms with Gasteiger partial charge in [-0.25, -0.2) is 38.4 Å². The van der Waals surface area contributed by atoms with Gasteiger partial charge in [0.05, 0.1) is 111 Å². The minimum atomic E-state index is -1.27. The van der Waals surface area contributed by atoms with Gasteiger partial charge in [-0.3, -0.25) is 0 Å². The lowest BCUT2D eigenvalue weighted by Crippen LogP contribution is -1.98. The number of benzene rings is 11. The summed E-state index contributed by atoms with van der Waals surface area (Å²) in [4.78, 5) is 121. The number of rotatable bonds is 8. The van der Waals surface area contributed by atoms with Crippen molar-refractivity contribution in [2.24, 2.45) is 0 Å². The quantitative estimate of drug-likeness (QED) is 0.0629. The third-order valence-electron chi connectivity index (χ3n) is 18.7. The Balaban J connectivity index is 0.794. The van der Waals surface area contributed by atoms with Crippen LogP contribution < -0.4 is 0 Å². The van der Waals surface area contributed by atoms with E-state index in [2.05, 4.69) is 77.3 Å². The predicted octanol–water partition coefficient (Wildman–Crippen LogP) is 14.7. The number of H-pyrrole nitrogens is 6. The lowest BCUT2D eigenvalue weighted by atomic mass is 10.0. The molecule has 22 heteroatoms. The molecule has 6 aromatic heterocycles. The summed E-state index contributed by atoms with van der Waals surface area (Å²) in [6, 6.07) is 40.0. The van der Waals surface area contributed by atoms with Gasteiger partial charge in [0.1, 0.15) is 0 Å². The number of fused-ring (bicyclic) bond motifs is 21. The van der Waals surface area contributed by atoms with Crippen molar-refractivity contribution >= 4 is 179 Å². The molecule has 11 aromatic carbocycles. The maximum atomic E-state index is 13.0. The molecule has 0 atom stereocenters. The van der Waals surface area contributed by atoms with E-state index in [1.165, 1.54) is 97.1 Å². The summed E-state index contributed by atoms with van der Waals surface area (Å²) in [7, 11) is 0. The van der Waals surface area contributed by atoms with Crippen LogP contribution in [0.1, 0.15) is 127 Å². The predicted molar refractivity (Wildman–Crippen MR) is 388 cm³/mol. The lowest BCUT2D eigenvalue weighted by Gasteiger charge is -2.02. The molecule has 17 rings (SSSR count). The molecule has 0 unspecified atom stereocenters. The number of aromatic amines is 6. The lowest BCUT2D eigenvalue weighted by molar-refractivity contribution is 0.0686. The van der Waals surface area contributed by atoms with Gasteiger partial charge in [-0.05, 0) is 109 Å². The van der Waals surface area contributed by atoms with Crippen LogP contribution in [-0.2, 0) is 0 Å². The summed E-state index contributed by atoms with van der Waals surface area (Å²) >= 11 is 0. The molecule has 0 aliphatic heterocycles. The second-order valence-electron chi connectivity index (χ2n) is 24.8. The second-order valence-corrected chi connectivity index (χ2v) is 24.8. The third kappa shape index (κ3) is 9.92. The van der Waals surface area contributed by atoms with Crippen LogP contribution in [0.5, 0.6) is 0 Å². The van der Waals surface area contributed by atoms with Gasteiger partial charge in [0.25, 0.3) is 0 Å². The highest BCUT2D eigenvalue weighted by Gasteiger charge is 2.24. The number of carboxylic acids is 8. The van der Waals surface area contributed by atoms with Crippen molar-refractivity contribution in [2.45, 2.75) is 0 Å². The van der Waals surface area contributed by atoms with Crippen LogP contribution in [0.25, 0.3) is 131 Å². The molecule has 104 heavy (non-hydrogen) atoms. The molecular weight excluding hydrogens is 1320 g/mol. The average Bonchev–Trinajstić information content (AvgIpc) is 1.58. The number of carboxylic acid groups (broad SMARTS) is 8. The van der Waals surface area contributed by atoms with Gasteiger partial charge in [-0.1, -0.05) is 95.9 Å². The van der Waals surface area contributed by atoms with Gasteiger partial charge in [-0.2, -0.15) is 0 Å². The zero-order chi connectivity index (χ0) is 72.0. The zero-order valence-electron chi connectivity index (χ0n) is 52.9. The largest absolute Gasteiger partial charge is 0.478 e. The number of hydrogen-bond donors (Lipinski definition) is 14. The Kier molecular flexibility index (Phi) is 13.6. The molecule has 0 saturated carbocycles. The van der Waals surface area contributed by atoms with Crippen LogP contribution in [0, 0.1) is 47.4 Å². The topological polar surface area (TPSA) is 393 Å². The molecule has 6 heterocycles. The van der Waals surface area contributed by atoms with Crippen molar-refractivity contribution in [1.82, 2.24) is 29.9 Å². The van der Waals surface area contributed by atoms with E-state index in [0.717, 1.165) is 0 Å². The molecule has 0 aliphatic carbocycles. The molecule has 14 N–H and O–H groups in total. The Morgan fingerprint density at radius 1 is 0.192 bits per heavy atom. The van der Waals surface area contributed by atoms with Crippen molar-refractivity contribution in [3.05, 3.63) is 247 Å². The summed E-state index contributed by atoms with van der Waals surface area (Å²) < 4.78 is 0. The number of aromatic carboxylic acids is 8. The van der Waals surface area contributed by atoms with E-state index in [0.29, 0.717) is 153 Å². The summed E-state index contributed by atoms with van der Waals surface area (Å²) in [5.74, 6) is 14.8. The van der Waals surface area contributed by atoms with Crippen molar-refractivity contribution < 1.29 is 79.2 Å². The Hall–Kier alpha value is -15.8. The number of aromatic nitrogens is 6. The number of nitrogens with one attached hydrogen (secondary N) is 6. The molecule has 0 radical (unpaired) electrons. The van der Waals surface area contributed by atoms with Gasteiger partial charge in [0.2, 0.25) is 0 Å². The van der Waals surface area contributed by atoms with Crippen LogP contribution in [0.4, 0.5) is 0 Å². The van der Waals surface area contributed by atoms with Gasteiger partial charge in [0.15, 0.2) is 0 Å². The van der Waals surface area contributed by atoms with Crippen molar-refractivity contribution in [1.29, 1.82) is 0 Å². The highest BCUT2D eigenvalue weighted by molar-refractivity contribution is 6.27. The van der Waals surface area contributed by atoms with E-state index in [9.17, 15) is 79.2 Å². The van der Waals surface area contributed by atoms with Crippen LogP contribution in [0.3, 0.4) is 0 Å². The first-order valence-corrected chi connectivity index (χ1v) is 31.5. The highest BCUT2D eigenvalue weighted by Crippen LogP contribution is 2.42. The average molecular weight is 1370 g/mol. The van der Waals surface area contributed by atoms with Crippen molar-refractivity contribution in [3.63, 3.8) is 0 Å². The monoisotopic (exact) mass is 1360 g/mol. The van der Waals surface area contributed by atoms with Crippen LogP contribution in [0.2, 0.25) is 0 Å². The zero-order valence-corrected chi connectivity index (χ0v) is 52.9. The van der Waals surface area contributed by atoms with Gasteiger partial charge in [-0.15, -0.1) is 0 Å². The fourth-order valence-electron chi connectivity index (χ4n) is 14.0. The summed E-state index contributed by atoms with van der Waals surface area (Å²) in [6.07, 6.45) is 0. The van der Waals surface area contributed by atoms with E-state index in [4.69, 9.17) is 0 Å². The van der Waals surface area contributed by atoms with E-state index in [1.807, 2.05) is 0 Å². The molecule has 0 aliphatic rings. The first kappa shape index (κ1) is 61.8. The molecule has 0 amide bonds. The fraction of sp³-hybridized carbons (Fsp3) is 0. The summed E-state index contributed by atoms with van der Waals surface area (Å²) in [6.45, 7) is 0. The minimum Gasteiger partial charge on any atom is -0.478 e.